The lowest BCUT2D eigenvalue weighted by Crippen LogP contribution is -2.34. The van der Waals surface area contributed by atoms with Crippen molar-refractivity contribution in [3.63, 3.8) is 0 Å². The van der Waals surface area contributed by atoms with E-state index in [1.807, 2.05) is 36.4 Å². The van der Waals surface area contributed by atoms with E-state index in [9.17, 15) is 4.79 Å². The van der Waals surface area contributed by atoms with E-state index in [-0.39, 0.29) is 19.0 Å². The first kappa shape index (κ1) is 32.8. The van der Waals surface area contributed by atoms with Gasteiger partial charge in [-0.1, -0.05) is 47.5 Å². The van der Waals surface area contributed by atoms with Crippen LogP contribution in [0.2, 0.25) is 10.0 Å². The molecule has 0 bridgehead atoms. The molecular weight excluding hydrogens is 583 g/mol. The van der Waals surface area contributed by atoms with Crippen molar-refractivity contribution in [3.8, 4) is 34.4 Å². The van der Waals surface area contributed by atoms with Crippen LogP contribution in [-0.2, 0) is 4.74 Å². The van der Waals surface area contributed by atoms with Crippen LogP contribution in [0.3, 0.4) is 0 Å². The Labute approximate surface area is 248 Å². The molecule has 0 spiro atoms. The largest absolute Gasteiger partial charge is 0.474 e. The van der Waals surface area contributed by atoms with Crippen LogP contribution in [-0.4, -0.2) is 48.3 Å². The molecule has 2 aromatic carbocycles. The number of hydrogen-bond acceptors (Lipinski definition) is 9. The summed E-state index contributed by atoms with van der Waals surface area (Å²) in [6, 6.07) is 18.0. The first-order valence-corrected chi connectivity index (χ1v) is 12.8. The van der Waals surface area contributed by atoms with E-state index < -0.39 is 11.7 Å². The first-order valence-electron chi connectivity index (χ1n) is 12.0. The number of ether oxygens (including phenoxy) is 3. The highest BCUT2D eigenvalue weighted by atomic mass is 35.5. The Morgan fingerprint density at radius 2 is 1.35 bits per heavy atom. The fourth-order valence-electron chi connectivity index (χ4n) is 3.02. The number of nitrogens with two attached hydrogens (primary N) is 1. The molecule has 2 aromatic heterocycles. The Morgan fingerprint density at radius 3 is 1.80 bits per heavy atom. The van der Waals surface area contributed by atoms with Gasteiger partial charge in [-0.3, -0.25) is 0 Å². The highest BCUT2D eigenvalue weighted by Gasteiger charge is 2.16. The molecule has 4 aromatic rings. The molecule has 3 N–H and O–H groups in total. The zero-order chi connectivity index (χ0) is 28.3. The molecule has 0 radical (unpaired) electrons. The standard InChI is InChI=1S/C16H19ClN2O4.C11H11ClN2O2.ClH/c1-16(2,3)22-15(20)18-8-9-21-14-10-13(23-19-14)11-6-4-5-7-12(11)17;12-9-4-2-1-3-8(9)10-7-11(14-16-10)15-6-5-13;/h4-7,10H,8-9H2,1-3H3,(H,18,20);1-4,7H,5-6,13H2;1H. The number of rotatable bonds is 9. The van der Waals surface area contributed by atoms with Crippen molar-refractivity contribution in [1.82, 2.24) is 15.6 Å². The molecule has 2 heterocycles. The molecule has 1 amide bonds. The van der Waals surface area contributed by atoms with Gasteiger partial charge in [0.25, 0.3) is 11.8 Å². The molecule has 0 saturated carbocycles. The van der Waals surface area contributed by atoms with Gasteiger partial charge in [-0.15, -0.1) is 12.4 Å². The van der Waals surface area contributed by atoms with Crippen molar-refractivity contribution in [2.24, 2.45) is 5.73 Å². The van der Waals surface area contributed by atoms with Gasteiger partial charge in [-0.25, -0.2) is 4.79 Å². The number of carbonyl (C=O) groups is 1. The SMILES string of the molecule is CC(C)(C)OC(=O)NCCOc1cc(-c2ccccc2Cl)on1.Cl.NCCOc1cc(-c2ccccc2Cl)on1. The average molecular weight is 614 g/mol. The van der Waals surface area contributed by atoms with Crippen molar-refractivity contribution in [1.29, 1.82) is 0 Å². The molecule has 216 valence electrons. The topological polar surface area (TPSA) is 135 Å². The zero-order valence-corrected chi connectivity index (χ0v) is 24.5. The highest BCUT2D eigenvalue weighted by molar-refractivity contribution is 6.33. The number of carbonyl (C=O) groups excluding carboxylic acids is 1. The van der Waals surface area contributed by atoms with Gasteiger partial charge in [0.05, 0.1) is 16.6 Å². The Balaban J connectivity index is 0.000000290. The van der Waals surface area contributed by atoms with Crippen molar-refractivity contribution in [3.05, 3.63) is 70.7 Å². The summed E-state index contributed by atoms with van der Waals surface area (Å²) in [5.41, 5.74) is 6.32. The number of halogens is 3. The predicted molar refractivity (Wildman–Crippen MR) is 155 cm³/mol. The van der Waals surface area contributed by atoms with Gasteiger partial charge < -0.3 is 34.3 Å². The molecule has 0 atom stereocenters. The van der Waals surface area contributed by atoms with Crippen molar-refractivity contribution >= 4 is 41.7 Å². The van der Waals surface area contributed by atoms with Crippen LogP contribution in [0.1, 0.15) is 20.8 Å². The third-order valence-corrected chi connectivity index (χ3v) is 5.30. The lowest BCUT2D eigenvalue weighted by molar-refractivity contribution is 0.0519. The Hall–Kier alpha value is -3.44. The van der Waals surface area contributed by atoms with Gasteiger partial charge >= 0.3 is 6.09 Å². The number of benzene rings is 2. The van der Waals surface area contributed by atoms with Gasteiger partial charge in [0, 0.05) is 29.8 Å². The second-order valence-corrected chi connectivity index (χ2v) is 9.75. The second kappa shape index (κ2) is 16.0. The molecule has 0 unspecified atom stereocenters. The van der Waals surface area contributed by atoms with Gasteiger partial charge in [-0.2, -0.15) is 0 Å². The highest BCUT2D eigenvalue weighted by Crippen LogP contribution is 2.30. The third-order valence-electron chi connectivity index (χ3n) is 4.64. The quantitative estimate of drug-likeness (QED) is 0.199. The molecule has 40 heavy (non-hydrogen) atoms. The molecule has 0 aliphatic carbocycles. The number of amides is 1. The van der Waals surface area contributed by atoms with Gasteiger partial charge in [0.1, 0.15) is 18.8 Å². The van der Waals surface area contributed by atoms with Crippen LogP contribution in [0.4, 0.5) is 4.79 Å². The molecule has 10 nitrogen and oxygen atoms in total. The van der Waals surface area contributed by atoms with E-state index in [1.165, 1.54) is 0 Å². The Bertz CT molecular complexity index is 1340. The minimum Gasteiger partial charge on any atom is -0.474 e. The van der Waals surface area contributed by atoms with Crippen LogP contribution in [0, 0.1) is 0 Å². The number of nitrogens with zero attached hydrogens (tertiary/aromatic N) is 2. The molecule has 13 heteroatoms. The molecular formula is C27H31Cl3N4O6. The zero-order valence-electron chi connectivity index (χ0n) is 22.2. The van der Waals surface area contributed by atoms with Crippen molar-refractivity contribution in [2.75, 3.05) is 26.3 Å². The summed E-state index contributed by atoms with van der Waals surface area (Å²) in [6.45, 7) is 6.79. The fraction of sp³-hybridized carbons (Fsp3) is 0.296. The predicted octanol–water partition coefficient (Wildman–Crippen LogP) is 6.65. The van der Waals surface area contributed by atoms with Crippen LogP contribution < -0.4 is 20.5 Å². The normalized spacial score (nSPS) is 10.6. The smallest absolute Gasteiger partial charge is 0.407 e. The summed E-state index contributed by atoms with van der Waals surface area (Å²) in [6.07, 6.45) is -0.488. The van der Waals surface area contributed by atoms with Gasteiger partial charge in [0.15, 0.2) is 11.5 Å². The Morgan fingerprint density at radius 1 is 0.875 bits per heavy atom. The molecule has 0 aliphatic heterocycles. The van der Waals surface area contributed by atoms with E-state index in [4.69, 9.17) is 52.2 Å². The summed E-state index contributed by atoms with van der Waals surface area (Å²) in [7, 11) is 0. The van der Waals surface area contributed by atoms with Crippen LogP contribution in [0.5, 0.6) is 11.8 Å². The Kier molecular flexibility index (Phi) is 13.1. The van der Waals surface area contributed by atoms with E-state index in [0.29, 0.717) is 53.0 Å². The van der Waals surface area contributed by atoms with Crippen LogP contribution in [0.25, 0.3) is 22.6 Å². The summed E-state index contributed by atoms with van der Waals surface area (Å²) in [5.74, 6) is 1.84. The van der Waals surface area contributed by atoms with E-state index >= 15 is 0 Å². The monoisotopic (exact) mass is 612 g/mol. The minimum absolute atomic E-state index is 0. The first-order chi connectivity index (χ1) is 18.7. The molecule has 0 fully saturated rings. The van der Waals surface area contributed by atoms with E-state index in [2.05, 4.69) is 15.6 Å². The number of hydrogen-bond donors (Lipinski definition) is 2. The number of aromatic nitrogens is 2. The maximum absolute atomic E-state index is 11.5. The molecule has 4 rings (SSSR count). The summed E-state index contributed by atoms with van der Waals surface area (Å²) in [5, 5.41) is 11.3. The number of alkyl carbamates (subject to hydrolysis) is 1. The third kappa shape index (κ3) is 10.6. The van der Waals surface area contributed by atoms with Crippen molar-refractivity contribution in [2.45, 2.75) is 26.4 Å². The maximum Gasteiger partial charge on any atom is 0.407 e. The lowest BCUT2D eigenvalue weighted by atomic mass is 10.2. The minimum atomic E-state index is -0.527. The van der Waals surface area contributed by atoms with Crippen LogP contribution in [0.15, 0.2) is 69.7 Å². The van der Waals surface area contributed by atoms with Gasteiger partial charge in [0.2, 0.25) is 0 Å². The molecule has 0 saturated heterocycles. The lowest BCUT2D eigenvalue weighted by Gasteiger charge is -2.19. The average Bonchev–Trinajstić information content (AvgIpc) is 3.55. The summed E-state index contributed by atoms with van der Waals surface area (Å²) >= 11 is 12.1. The maximum atomic E-state index is 11.5. The fourth-order valence-corrected chi connectivity index (χ4v) is 3.47. The van der Waals surface area contributed by atoms with Gasteiger partial charge in [-0.05, 0) is 55.4 Å². The molecule has 0 aliphatic rings. The van der Waals surface area contributed by atoms with E-state index in [1.54, 1.807) is 45.0 Å². The number of nitrogens with one attached hydrogen (secondary N) is 1. The second-order valence-electron chi connectivity index (χ2n) is 8.93. The van der Waals surface area contributed by atoms with Crippen molar-refractivity contribution < 1.29 is 28.1 Å². The summed E-state index contributed by atoms with van der Waals surface area (Å²) < 4.78 is 26.1. The summed E-state index contributed by atoms with van der Waals surface area (Å²) in [4.78, 5) is 11.5. The van der Waals surface area contributed by atoms with Crippen LogP contribution >= 0.6 is 35.6 Å². The van der Waals surface area contributed by atoms with E-state index in [0.717, 1.165) is 11.1 Å².